The Kier molecular flexibility index (Phi) is 3.81. The van der Waals surface area contributed by atoms with Crippen molar-refractivity contribution >= 4 is 22.7 Å². The van der Waals surface area contributed by atoms with Gasteiger partial charge in [-0.2, -0.15) is 0 Å². The lowest BCUT2D eigenvalue weighted by Gasteiger charge is -2.41. The van der Waals surface area contributed by atoms with E-state index in [-0.39, 0.29) is 6.04 Å². The monoisotopic (exact) mass is 414 g/mol. The van der Waals surface area contributed by atoms with E-state index in [4.69, 9.17) is 0 Å². The van der Waals surface area contributed by atoms with Crippen molar-refractivity contribution in [2.24, 2.45) is 0 Å². The number of nitrogens with zero attached hydrogens (tertiary/aromatic N) is 1. The topological polar surface area (TPSA) is 19.0 Å². The Balaban J connectivity index is 1.62. The van der Waals surface area contributed by atoms with Crippen LogP contribution >= 0.6 is 0 Å². The fraction of sp³-hybridized carbons (Fsp3) is 0.200. The van der Waals surface area contributed by atoms with E-state index in [1.165, 1.54) is 80.5 Å². The van der Waals surface area contributed by atoms with Gasteiger partial charge in [0.2, 0.25) is 0 Å². The van der Waals surface area contributed by atoms with Crippen LogP contribution in [0.4, 0.5) is 5.69 Å². The van der Waals surface area contributed by atoms with Crippen molar-refractivity contribution < 1.29 is 0 Å². The van der Waals surface area contributed by atoms with Crippen LogP contribution in [0, 0.1) is 6.92 Å². The van der Waals surface area contributed by atoms with Crippen LogP contribution in [-0.4, -0.2) is 4.98 Å². The third-order valence-corrected chi connectivity index (χ3v) is 7.45. The van der Waals surface area contributed by atoms with Gasteiger partial charge in [0.25, 0.3) is 0 Å². The van der Waals surface area contributed by atoms with Crippen LogP contribution in [0.1, 0.15) is 54.0 Å². The average Bonchev–Trinajstić information content (AvgIpc) is 3.22. The summed E-state index contributed by atoms with van der Waals surface area (Å²) in [6.07, 6.45) is 12.1. The molecule has 4 aromatic rings. The summed E-state index contributed by atoms with van der Waals surface area (Å²) < 4.78 is 0. The molecule has 0 bridgehead atoms. The van der Waals surface area contributed by atoms with Gasteiger partial charge in [0.05, 0.1) is 6.04 Å². The van der Waals surface area contributed by atoms with Crippen LogP contribution in [0.3, 0.4) is 0 Å². The molecule has 32 heavy (non-hydrogen) atoms. The summed E-state index contributed by atoms with van der Waals surface area (Å²) in [5, 5.41) is 1.36. The number of aromatic nitrogens is 1. The zero-order valence-electron chi connectivity index (χ0n) is 18.4. The highest BCUT2D eigenvalue weighted by molar-refractivity contribution is 6.04. The predicted octanol–water partition coefficient (Wildman–Crippen LogP) is 7.91. The number of allylic oxidation sites excluding steroid dienone is 2. The first-order valence-electron chi connectivity index (χ1n) is 11.8. The van der Waals surface area contributed by atoms with Crippen molar-refractivity contribution in [2.75, 3.05) is 4.90 Å². The lowest BCUT2D eigenvalue weighted by atomic mass is 9.85. The molecular weight excluding hydrogens is 388 g/mol. The summed E-state index contributed by atoms with van der Waals surface area (Å²) in [7, 11) is 0. The van der Waals surface area contributed by atoms with Gasteiger partial charge in [-0.1, -0.05) is 54.1 Å². The lowest BCUT2D eigenvalue weighted by molar-refractivity contribution is 0.688. The number of rotatable bonds is 1. The molecule has 3 aliphatic rings. The number of benzene rings is 3. The zero-order valence-corrected chi connectivity index (χ0v) is 18.4. The van der Waals surface area contributed by atoms with Gasteiger partial charge in [-0.05, 0) is 79.1 Å². The van der Waals surface area contributed by atoms with E-state index in [1.807, 2.05) is 0 Å². The first-order valence-corrected chi connectivity index (χ1v) is 11.8. The van der Waals surface area contributed by atoms with Crippen molar-refractivity contribution in [1.29, 1.82) is 0 Å². The zero-order chi connectivity index (χ0) is 21.2. The van der Waals surface area contributed by atoms with E-state index in [9.17, 15) is 0 Å². The summed E-state index contributed by atoms with van der Waals surface area (Å²) in [5.41, 5.74) is 13.5. The molecule has 3 heterocycles. The minimum atomic E-state index is 0.160. The van der Waals surface area contributed by atoms with Crippen molar-refractivity contribution in [1.82, 2.24) is 4.98 Å². The molecule has 1 aromatic heterocycles. The van der Waals surface area contributed by atoms with E-state index >= 15 is 0 Å². The predicted molar refractivity (Wildman–Crippen MR) is 134 cm³/mol. The Hall–Kier alpha value is -3.52. The molecule has 2 nitrogen and oxygen atoms in total. The maximum Gasteiger partial charge on any atom is 0.0871 e. The average molecular weight is 415 g/mol. The molecule has 0 spiro atoms. The number of hydrogen-bond acceptors (Lipinski definition) is 1. The fourth-order valence-corrected chi connectivity index (χ4v) is 6.01. The van der Waals surface area contributed by atoms with Gasteiger partial charge >= 0.3 is 0 Å². The van der Waals surface area contributed by atoms with Crippen LogP contribution in [0.5, 0.6) is 0 Å². The molecule has 1 unspecified atom stereocenters. The van der Waals surface area contributed by atoms with Crippen LogP contribution in [0.15, 0.2) is 84.2 Å². The molecule has 7 rings (SSSR count). The van der Waals surface area contributed by atoms with Gasteiger partial charge in [0.15, 0.2) is 0 Å². The van der Waals surface area contributed by atoms with E-state index in [0.717, 1.165) is 6.42 Å². The first kappa shape index (κ1) is 18.1. The normalized spacial score (nSPS) is 18.9. The minimum absolute atomic E-state index is 0.160. The summed E-state index contributed by atoms with van der Waals surface area (Å²) in [6, 6.07) is 22.8. The van der Waals surface area contributed by atoms with Gasteiger partial charge in [-0.15, -0.1) is 0 Å². The molecule has 1 atom stereocenters. The van der Waals surface area contributed by atoms with E-state index in [0.29, 0.717) is 0 Å². The molecule has 1 aliphatic carbocycles. The van der Waals surface area contributed by atoms with Crippen LogP contribution in [-0.2, 0) is 0 Å². The van der Waals surface area contributed by atoms with Gasteiger partial charge in [-0.3, -0.25) is 0 Å². The van der Waals surface area contributed by atoms with Crippen LogP contribution in [0.25, 0.3) is 28.1 Å². The van der Waals surface area contributed by atoms with Crippen molar-refractivity contribution in [2.45, 2.75) is 38.6 Å². The highest BCUT2D eigenvalue weighted by Gasteiger charge is 2.37. The van der Waals surface area contributed by atoms with E-state index < -0.39 is 0 Å². The number of fused-ring (bicyclic) bond motifs is 7. The van der Waals surface area contributed by atoms with Gasteiger partial charge in [0, 0.05) is 39.6 Å². The second kappa shape index (κ2) is 6.74. The molecule has 1 N–H and O–H groups in total. The highest BCUT2D eigenvalue weighted by Crippen LogP contribution is 2.53. The quantitative estimate of drug-likeness (QED) is 0.335. The highest BCUT2D eigenvalue weighted by atomic mass is 15.2. The number of H-pyrrole nitrogens is 1. The summed E-state index contributed by atoms with van der Waals surface area (Å²) in [4.78, 5) is 6.23. The second-order valence-corrected chi connectivity index (χ2v) is 9.40. The Morgan fingerprint density at radius 2 is 1.84 bits per heavy atom. The fourth-order valence-electron chi connectivity index (χ4n) is 6.01. The molecule has 3 aromatic carbocycles. The minimum Gasteiger partial charge on any atom is -0.361 e. The number of anilines is 1. The van der Waals surface area contributed by atoms with Gasteiger partial charge in [-0.25, -0.2) is 0 Å². The van der Waals surface area contributed by atoms with Crippen molar-refractivity contribution in [3.8, 4) is 11.1 Å². The third-order valence-electron chi connectivity index (χ3n) is 7.45. The molecule has 0 saturated heterocycles. The number of nitrogens with one attached hydrogen (secondary N) is 1. The maximum absolute atomic E-state index is 3.59. The largest absolute Gasteiger partial charge is 0.361 e. The molecular formula is C30H26N2. The first-order chi connectivity index (χ1) is 15.8. The summed E-state index contributed by atoms with van der Waals surface area (Å²) >= 11 is 0. The summed E-state index contributed by atoms with van der Waals surface area (Å²) in [6.45, 7) is 2.20. The molecule has 2 aliphatic heterocycles. The molecule has 0 fully saturated rings. The molecule has 156 valence electrons. The smallest absolute Gasteiger partial charge is 0.0871 e. The molecule has 0 amide bonds. The van der Waals surface area contributed by atoms with E-state index in [1.54, 1.807) is 0 Å². The van der Waals surface area contributed by atoms with Crippen LogP contribution < -0.4 is 4.90 Å². The third kappa shape index (κ3) is 2.47. The molecule has 0 radical (unpaired) electrons. The Bertz CT molecular complexity index is 1450. The Morgan fingerprint density at radius 3 is 2.75 bits per heavy atom. The molecule has 2 heteroatoms. The van der Waals surface area contributed by atoms with Crippen molar-refractivity contribution in [3.63, 3.8) is 0 Å². The summed E-state index contributed by atoms with van der Waals surface area (Å²) in [5.74, 6) is 0. The standard InChI is InChI=1S/C30H26N2/c1-19-14-15-27-24(16-19)23-12-7-13-26-29(23)25(18-31-26)30-22-11-6-5-10-21(22)17-28(32(27)30)20-8-3-2-4-9-20/h5-8,10-18,30-31H,2-4,9H2,1H3. The van der Waals surface area contributed by atoms with Gasteiger partial charge in [0.1, 0.15) is 0 Å². The molecule has 0 saturated carbocycles. The van der Waals surface area contributed by atoms with Crippen molar-refractivity contribution in [3.05, 3.63) is 106 Å². The van der Waals surface area contributed by atoms with Crippen LogP contribution in [0.2, 0.25) is 0 Å². The Labute approximate surface area is 188 Å². The number of aromatic amines is 1. The SMILES string of the molecule is Cc1ccc2c(c1)-c1cccc3[nH]cc(c13)C1c3ccccc3C=C(C3=CCCCC3)N21. The second-order valence-electron chi connectivity index (χ2n) is 9.40. The van der Waals surface area contributed by atoms with Gasteiger partial charge < -0.3 is 9.88 Å². The maximum atomic E-state index is 3.59. The van der Waals surface area contributed by atoms with E-state index in [2.05, 4.69) is 95.8 Å². The number of hydrogen-bond donors (Lipinski definition) is 1. The number of aryl methyl sites for hydroxylation is 1. The Morgan fingerprint density at radius 1 is 0.906 bits per heavy atom. The lowest BCUT2D eigenvalue weighted by Crippen LogP contribution is -2.32.